The number of nitrogens with zero attached hydrogens (tertiary/aromatic N) is 5. The summed E-state index contributed by atoms with van der Waals surface area (Å²) in [5.41, 5.74) is 2.64. The van der Waals surface area contributed by atoms with Crippen molar-refractivity contribution in [3.63, 3.8) is 0 Å². The number of ether oxygens (including phenoxy) is 2. The van der Waals surface area contributed by atoms with Crippen LogP contribution < -0.4 is 24.6 Å². The van der Waals surface area contributed by atoms with Gasteiger partial charge in [-0.15, -0.1) is 0 Å². The third-order valence-corrected chi connectivity index (χ3v) is 5.96. The maximum absolute atomic E-state index is 12.1. The molecule has 35 heavy (non-hydrogen) atoms. The van der Waals surface area contributed by atoms with Crippen molar-refractivity contribution in [3.8, 4) is 11.5 Å². The van der Waals surface area contributed by atoms with E-state index in [4.69, 9.17) is 9.47 Å². The predicted octanol–water partition coefficient (Wildman–Crippen LogP) is 3.67. The average molecular weight is 479 g/mol. The van der Waals surface area contributed by atoms with Gasteiger partial charge in [0.2, 0.25) is 5.95 Å². The quantitative estimate of drug-likeness (QED) is 0.502. The first-order valence-electron chi connectivity index (χ1n) is 11.3. The number of likely N-dealkylation sites (N-methyl/N-ethyl adjacent to an activating group) is 1. The van der Waals surface area contributed by atoms with E-state index in [-0.39, 0.29) is 12.4 Å². The molecular weight excluding hydrogens is 448 g/mol. The number of hydrogen-bond donors (Lipinski definition) is 2. The lowest BCUT2D eigenvalue weighted by Gasteiger charge is -2.34. The largest absolute Gasteiger partial charge is 0.497 e. The summed E-state index contributed by atoms with van der Waals surface area (Å²) in [4.78, 5) is 26.6. The Morgan fingerprint density at radius 2 is 1.80 bits per heavy atom. The fourth-order valence-electron chi connectivity index (χ4n) is 3.93. The average Bonchev–Trinajstić information content (AvgIpc) is 2.88. The highest BCUT2D eigenvalue weighted by atomic mass is 16.5. The Bertz CT molecular complexity index is 1150. The summed E-state index contributed by atoms with van der Waals surface area (Å²) in [6, 6.07) is 14.9. The molecule has 2 heterocycles. The lowest BCUT2D eigenvalue weighted by molar-refractivity contribution is 0.201. The molecule has 184 valence electrons. The lowest BCUT2D eigenvalue weighted by Crippen LogP contribution is -2.44. The number of anilines is 4. The highest BCUT2D eigenvalue weighted by Gasteiger charge is 2.20. The molecule has 3 aromatic rings. The highest BCUT2D eigenvalue weighted by molar-refractivity contribution is 5.85. The number of amides is 1. The van der Waals surface area contributed by atoms with E-state index in [1.54, 1.807) is 31.4 Å². The number of hydrogen-bond acceptors (Lipinski definition) is 8. The van der Waals surface area contributed by atoms with Gasteiger partial charge in [0.1, 0.15) is 17.3 Å². The molecule has 0 saturated carbocycles. The van der Waals surface area contributed by atoms with Crippen molar-refractivity contribution in [1.29, 1.82) is 0 Å². The summed E-state index contributed by atoms with van der Waals surface area (Å²) in [7, 11) is 5.23. The van der Waals surface area contributed by atoms with Gasteiger partial charge in [-0.1, -0.05) is 0 Å². The smallest absolute Gasteiger partial charge is 0.413 e. The molecule has 1 aliphatic rings. The Morgan fingerprint density at radius 1 is 1.06 bits per heavy atom. The zero-order chi connectivity index (χ0) is 24.8. The van der Waals surface area contributed by atoms with E-state index in [9.17, 15) is 9.90 Å². The van der Waals surface area contributed by atoms with Crippen molar-refractivity contribution < 1.29 is 19.4 Å². The van der Waals surface area contributed by atoms with E-state index in [1.807, 2.05) is 12.1 Å². The fraction of sp³-hybridized carbons (Fsp3) is 0.320. The van der Waals surface area contributed by atoms with Crippen LogP contribution in [0.15, 0.2) is 54.7 Å². The molecule has 4 rings (SSSR count). The van der Waals surface area contributed by atoms with E-state index in [0.717, 1.165) is 36.8 Å². The topological polar surface area (TPSA) is 103 Å². The first-order valence-corrected chi connectivity index (χ1v) is 11.3. The van der Waals surface area contributed by atoms with Crippen LogP contribution in [0.2, 0.25) is 0 Å². The van der Waals surface area contributed by atoms with Crippen LogP contribution in [0.3, 0.4) is 0 Å². The van der Waals surface area contributed by atoms with Crippen LogP contribution in [-0.4, -0.2) is 73.5 Å². The monoisotopic (exact) mass is 478 g/mol. The first-order chi connectivity index (χ1) is 17.0. The Hall–Kier alpha value is -4.05. The summed E-state index contributed by atoms with van der Waals surface area (Å²) in [6.07, 6.45) is 0.387. The summed E-state index contributed by atoms with van der Waals surface area (Å²) in [6.45, 7) is 4.12. The van der Waals surface area contributed by atoms with Crippen LogP contribution in [-0.2, 0) is 6.54 Å². The summed E-state index contributed by atoms with van der Waals surface area (Å²) < 4.78 is 10.7. The minimum absolute atomic E-state index is 0.0336. The van der Waals surface area contributed by atoms with Crippen LogP contribution >= 0.6 is 0 Å². The second-order valence-corrected chi connectivity index (χ2v) is 8.25. The molecule has 0 spiro atoms. The van der Waals surface area contributed by atoms with Crippen LogP contribution in [0, 0.1) is 0 Å². The van der Waals surface area contributed by atoms with Gasteiger partial charge in [0.05, 0.1) is 20.8 Å². The van der Waals surface area contributed by atoms with Crippen molar-refractivity contribution >= 4 is 29.2 Å². The molecule has 0 aliphatic carbocycles. The molecule has 10 heteroatoms. The van der Waals surface area contributed by atoms with Crippen LogP contribution in [0.25, 0.3) is 0 Å². The number of piperazine rings is 1. The second-order valence-electron chi connectivity index (χ2n) is 8.25. The van der Waals surface area contributed by atoms with Gasteiger partial charge in [0, 0.05) is 49.3 Å². The van der Waals surface area contributed by atoms with E-state index in [0.29, 0.717) is 23.0 Å². The maximum Gasteiger partial charge on any atom is 0.413 e. The molecule has 0 bridgehead atoms. The number of methoxy groups -OCH3 is 2. The van der Waals surface area contributed by atoms with Crippen LogP contribution in [0.1, 0.15) is 5.56 Å². The van der Waals surface area contributed by atoms with Gasteiger partial charge in [-0.2, -0.15) is 4.98 Å². The SMILES string of the molecule is COc1ccc(OC)c(CN(C(=O)O)c2ccnc(Nc3ccc(N4CCN(C)CC4)cc3)n2)c1. The minimum Gasteiger partial charge on any atom is -0.497 e. The summed E-state index contributed by atoms with van der Waals surface area (Å²) in [5.74, 6) is 1.72. The first kappa shape index (κ1) is 24.1. The predicted molar refractivity (Wildman–Crippen MR) is 135 cm³/mol. The molecule has 1 fully saturated rings. The minimum atomic E-state index is -1.14. The molecule has 1 aliphatic heterocycles. The molecular formula is C25H30N6O4. The van der Waals surface area contributed by atoms with Gasteiger partial charge < -0.3 is 29.7 Å². The van der Waals surface area contributed by atoms with Crippen molar-refractivity contribution in [1.82, 2.24) is 14.9 Å². The van der Waals surface area contributed by atoms with E-state index in [1.165, 1.54) is 19.0 Å². The number of rotatable bonds is 8. The number of nitrogens with one attached hydrogen (secondary N) is 1. The van der Waals surface area contributed by atoms with Crippen LogP contribution in [0.5, 0.6) is 11.5 Å². The number of benzene rings is 2. The van der Waals surface area contributed by atoms with Gasteiger partial charge in [-0.25, -0.2) is 9.78 Å². The van der Waals surface area contributed by atoms with Crippen molar-refractivity contribution in [3.05, 3.63) is 60.3 Å². The molecule has 1 amide bonds. The van der Waals surface area contributed by atoms with Gasteiger partial charge in [-0.3, -0.25) is 4.90 Å². The molecule has 0 atom stereocenters. The van der Waals surface area contributed by atoms with Gasteiger partial charge in [-0.05, 0) is 55.6 Å². The van der Waals surface area contributed by atoms with Gasteiger partial charge in [0.15, 0.2) is 0 Å². The van der Waals surface area contributed by atoms with Crippen molar-refractivity contribution in [2.75, 3.05) is 62.6 Å². The number of aromatic nitrogens is 2. The summed E-state index contributed by atoms with van der Waals surface area (Å²) >= 11 is 0. The zero-order valence-electron chi connectivity index (χ0n) is 20.1. The van der Waals surface area contributed by atoms with E-state index in [2.05, 4.69) is 44.3 Å². The molecule has 1 aromatic heterocycles. The molecule has 2 N–H and O–H groups in total. The Morgan fingerprint density at radius 3 is 2.46 bits per heavy atom. The standard InChI is InChI=1S/C25H30N6O4/c1-29-12-14-30(15-13-29)20-6-4-19(5-7-20)27-24-26-11-10-23(28-24)31(25(32)33)17-18-16-21(34-2)8-9-22(18)35-3/h4-11,16H,12-15,17H2,1-3H3,(H,32,33)(H,26,27,28). The molecule has 0 unspecified atom stereocenters. The van der Waals surface area contributed by atoms with E-state index >= 15 is 0 Å². The van der Waals surface area contributed by atoms with Crippen LogP contribution in [0.4, 0.5) is 27.9 Å². The second kappa shape index (κ2) is 10.9. The van der Waals surface area contributed by atoms with Gasteiger partial charge in [0.25, 0.3) is 0 Å². The molecule has 1 saturated heterocycles. The highest BCUT2D eigenvalue weighted by Crippen LogP contribution is 2.27. The van der Waals surface area contributed by atoms with E-state index < -0.39 is 6.09 Å². The fourth-order valence-corrected chi connectivity index (χ4v) is 3.93. The van der Waals surface area contributed by atoms with Crippen molar-refractivity contribution in [2.24, 2.45) is 0 Å². The third kappa shape index (κ3) is 5.90. The van der Waals surface area contributed by atoms with Crippen molar-refractivity contribution in [2.45, 2.75) is 6.54 Å². The van der Waals surface area contributed by atoms with Gasteiger partial charge >= 0.3 is 6.09 Å². The Kier molecular flexibility index (Phi) is 7.51. The Labute approximate surface area is 204 Å². The molecule has 10 nitrogen and oxygen atoms in total. The maximum atomic E-state index is 12.1. The zero-order valence-corrected chi connectivity index (χ0v) is 20.1. The lowest BCUT2D eigenvalue weighted by atomic mass is 10.1. The molecule has 2 aromatic carbocycles. The summed E-state index contributed by atoms with van der Waals surface area (Å²) in [5, 5.41) is 13.1. The number of carboxylic acid groups (broad SMARTS) is 1. The molecule has 0 radical (unpaired) electrons. The number of carbonyl (C=O) groups is 1. The third-order valence-electron chi connectivity index (χ3n) is 5.96. The Balaban J connectivity index is 1.50. The normalized spacial score (nSPS) is 13.9.